The molecule has 21 heteroatoms. The summed E-state index contributed by atoms with van der Waals surface area (Å²) in [6.45, 7) is 5.40. The number of halogens is 4. The standard InChI is InChI=1S/C24H27ClF3N4O10PS2/c1-23(2,3)22(36)41-10-40-21(35)17-12(42-45(37,38)24(26,27)28)8-7-11-14(20(34)32(11)17)30-19(33)16(31-39-4)15-18(25)44-13(29-15)9-43(5)6/h11,14H,5,7-10H2,1-4,6H3/p+1. The Morgan fingerprint density at radius 3 is 2.44 bits per heavy atom. The number of ether oxygens (including phenoxy) is 2. The number of hydrogen-bond donors (Lipinski definition) is 1. The number of carbonyl (C=O) groups excluding carboxylic acids is 4. The van der Waals surface area contributed by atoms with Crippen LogP contribution in [0.25, 0.3) is 0 Å². The summed E-state index contributed by atoms with van der Waals surface area (Å²) in [4.78, 5) is 61.1. The summed E-state index contributed by atoms with van der Waals surface area (Å²) < 4.78 is 76.7. The first-order chi connectivity index (χ1) is 20.7. The lowest BCUT2D eigenvalue weighted by Gasteiger charge is -2.49. The summed E-state index contributed by atoms with van der Waals surface area (Å²) in [7, 11) is -5.74. The normalized spacial score (nSPS) is 19.3. The van der Waals surface area contributed by atoms with Gasteiger partial charge in [-0.1, -0.05) is 16.8 Å². The molecule has 3 unspecified atom stereocenters. The Kier molecular flexibility index (Phi) is 10.9. The van der Waals surface area contributed by atoms with Crippen molar-refractivity contribution >= 4 is 76.4 Å². The van der Waals surface area contributed by atoms with Crippen molar-refractivity contribution in [2.24, 2.45) is 10.6 Å². The number of hydrogen-bond acceptors (Lipinski definition) is 13. The molecule has 1 N–H and O–H groups in total. The largest absolute Gasteiger partial charge is 0.534 e. The van der Waals surface area contributed by atoms with E-state index >= 15 is 0 Å². The van der Waals surface area contributed by atoms with Crippen molar-refractivity contribution in [1.29, 1.82) is 0 Å². The number of thiazole rings is 1. The first kappa shape index (κ1) is 36.2. The van der Waals surface area contributed by atoms with E-state index in [0.717, 1.165) is 18.4 Å². The molecule has 1 fully saturated rings. The average molecular weight is 720 g/mol. The van der Waals surface area contributed by atoms with Crippen LogP contribution in [0.1, 0.15) is 44.3 Å². The summed E-state index contributed by atoms with van der Waals surface area (Å²) in [5.41, 5.74) is -8.24. The second-order valence-electron chi connectivity index (χ2n) is 10.6. The molecule has 2 aliphatic rings. The maximum atomic E-state index is 13.2. The van der Waals surface area contributed by atoms with Gasteiger partial charge in [-0.15, -0.1) is 11.3 Å². The second kappa shape index (κ2) is 13.6. The minimum absolute atomic E-state index is 0.0258. The minimum atomic E-state index is -6.25. The van der Waals surface area contributed by atoms with Crippen LogP contribution in [-0.4, -0.2) is 92.2 Å². The summed E-state index contributed by atoms with van der Waals surface area (Å²) in [5, 5.41) is 6.68. The van der Waals surface area contributed by atoms with Gasteiger partial charge in [0.15, 0.2) is 23.3 Å². The molecule has 2 aliphatic heterocycles. The number of oxime groups is 1. The van der Waals surface area contributed by atoms with E-state index in [-0.39, 0.29) is 22.2 Å². The number of alkyl halides is 3. The molecule has 0 spiro atoms. The van der Waals surface area contributed by atoms with Crippen LogP contribution < -0.4 is 5.32 Å². The summed E-state index contributed by atoms with van der Waals surface area (Å²) in [6.07, 6.45) is 3.62. The van der Waals surface area contributed by atoms with Crippen molar-refractivity contribution in [3.8, 4) is 0 Å². The molecule has 3 atom stereocenters. The summed E-state index contributed by atoms with van der Waals surface area (Å²) in [5.74, 6) is -5.32. The third-order valence-electron chi connectivity index (χ3n) is 6.02. The van der Waals surface area contributed by atoms with Gasteiger partial charge in [-0.25, -0.2) is 9.78 Å². The smallest absolute Gasteiger partial charge is 0.427 e. The zero-order valence-electron chi connectivity index (χ0n) is 24.4. The van der Waals surface area contributed by atoms with Crippen LogP contribution in [0.15, 0.2) is 16.6 Å². The minimum Gasteiger partial charge on any atom is -0.427 e. The molecule has 3 rings (SSSR count). The van der Waals surface area contributed by atoms with Gasteiger partial charge in [0.2, 0.25) is 6.79 Å². The fourth-order valence-corrected chi connectivity index (χ4v) is 6.94. The lowest BCUT2D eigenvalue weighted by atomic mass is 9.85. The molecule has 1 saturated heterocycles. The highest BCUT2D eigenvalue weighted by atomic mass is 35.5. The predicted octanol–water partition coefficient (Wildman–Crippen LogP) is 2.85. The lowest BCUT2D eigenvalue weighted by molar-refractivity contribution is -0.174. The lowest BCUT2D eigenvalue weighted by Crippen LogP contribution is -2.72. The third-order valence-corrected chi connectivity index (χ3v) is 9.31. The van der Waals surface area contributed by atoms with Gasteiger partial charge in [0.1, 0.15) is 28.2 Å². The molecule has 14 nitrogen and oxygen atoms in total. The van der Waals surface area contributed by atoms with Crippen LogP contribution in [0.3, 0.4) is 0 Å². The fraction of sp³-hybridized carbons (Fsp3) is 0.542. The van der Waals surface area contributed by atoms with E-state index in [4.69, 9.17) is 25.9 Å². The molecule has 0 saturated carbocycles. The number of nitrogens with zero attached hydrogens (tertiary/aromatic N) is 3. The molecule has 0 aliphatic carbocycles. The highest BCUT2D eigenvalue weighted by molar-refractivity contribution is 7.87. The molecule has 0 aromatic carbocycles. The van der Waals surface area contributed by atoms with Crippen LogP contribution in [0, 0.1) is 5.41 Å². The Bertz CT molecular complexity index is 1590. The number of nitrogens with one attached hydrogen (secondary N) is 1. The number of fused-ring (bicyclic) bond motifs is 1. The summed E-state index contributed by atoms with van der Waals surface area (Å²) in [6, 6.07) is -2.40. The van der Waals surface area contributed by atoms with Crippen molar-refractivity contribution in [3.63, 3.8) is 0 Å². The zero-order chi connectivity index (χ0) is 34.1. The fourth-order valence-electron chi connectivity index (χ4n) is 3.98. The van der Waals surface area contributed by atoms with E-state index in [9.17, 15) is 40.8 Å². The van der Waals surface area contributed by atoms with Crippen LogP contribution in [0.2, 0.25) is 4.34 Å². The number of rotatable bonds is 11. The Morgan fingerprint density at radius 2 is 1.89 bits per heavy atom. The number of carbonyl (C=O) groups is 4. The molecular formula is C24H28ClF3N4O10PS2+. The number of esters is 2. The highest BCUT2D eigenvalue weighted by Crippen LogP contribution is 2.40. The van der Waals surface area contributed by atoms with Crippen molar-refractivity contribution < 1.29 is 59.3 Å². The first-order valence-corrected chi connectivity index (χ1v) is 17.5. The van der Waals surface area contributed by atoms with Crippen LogP contribution in [0.5, 0.6) is 0 Å². The van der Waals surface area contributed by atoms with Gasteiger partial charge in [-0.05, 0) is 27.2 Å². The number of allylic oxidation sites excluding steroid dienone is 1. The predicted molar refractivity (Wildman–Crippen MR) is 156 cm³/mol. The van der Waals surface area contributed by atoms with Crippen molar-refractivity contribution in [3.05, 3.63) is 26.5 Å². The van der Waals surface area contributed by atoms with Gasteiger partial charge in [-0.3, -0.25) is 19.3 Å². The van der Waals surface area contributed by atoms with Gasteiger partial charge in [0.05, 0.1) is 32.0 Å². The van der Waals surface area contributed by atoms with Crippen LogP contribution >= 0.6 is 30.5 Å². The molecule has 0 bridgehead atoms. The SMILES string of the molecule is C=[P+](C)Cc1nc(C(=NOC)C(=O)NC2C(=O)N3C(C(=O)OCOC(=O)C(C)(C)C)=C(OS(=O)(=O)C(F)(F)F)CCC23)c(Cl)s1. The van der Waals surface area contributed by atoms with Gasteiger partial charge >= 0.3 is 27.6 Å². The van der Waals surface area contributed by atoms with Gasteiger partial charge < -0.3 is 23.8 Å². The molecule has 1 aromatic rings. The topological polar surface area (TPSA) is 180 Å². The van der Waals surface area contributed by atoms with E-state index in [2.05, 4.69) is 25.9 Å². The second-order valence-corrected chi connectivity index (χ2v) is 15.9. The molecule has 2 amide bonds. The number of aromatic nitrogens is 1. The molecular weight excluding hydrogens is 692 g/mol. The van der Waals surface area contributed by atoms with Crippen LogP contribution in [-0.2, 0) is 54.0 Å². The Labute approximate surface area is 265 Å². The molecule has 3 heterocycles. The van der Waals surface area contributed by atoms with Crippen molar-refractivity contribution in [1.82, 2.24) is 15.2 Å². The third kappa shape index (κ3) is 8.12. The van der Waals surface area contributed by atoms with Crippen LogP contribution in [0.4, 0.5) is 13.2 Å². The quantitative estimate of drug-likeness (QED) is 0.0520. The van der Waals surface area contributed by atoms with Gasteiger partial charge in [0, 0.05) is 6.42 Å². The molecule has 1 aromatic heterocycles. The van der Waals surface area contributed by atoms with Gasteiger partial charge in [0.25, 0.3) is 11.8 Å². The molecule has 0 radical (unpaired) electrons. The van der Waals surface area contributed by atoms with E-state index < -0.39 is 89.1 Å². The first-order valence-electron chi connectivity index (χ1n) is 12.7. The average Bonchev–Trinajstić information content (AvgIpc) is 3.26. The summed E-state index contributed by atoms with van der Waals surface area (Å²) >= 11 is 7.38. The molecule has 248 valence electrons. The zero-order valence-corrected chi connectivity index (χ0v) is 27.7. The Hall–Kier alpha value is -3.28. The Balaban J connectivity index is 1.88. The number of amides is 2. The molecule has 45 heavy (non-hydrogen) atoms. The van der Waals surface area contributed by atoms with Crippen molar-refractivity contribution in [2.75, 3.05) is 20.6 Å². The maximum absolute atomic E-state index is 13.2. The monoisotopic (exact) mass is 719 g/mol. The van der Waals surface area contributed by atoms with Crippen molar-refractivity contribution in [2.45, 2.75) is 57.4 Å². The van der Waals surface area contributed by atoms with E-state index in [1.807, 2.05) is 6.66 Å². The van der Waals surface area contributed by atoms with E-state index in [1.165, 1.54) is 20.8 Å². The van der Waals surface area contributed by atoms with E-state index in [1.54, 1.807) is 0 Å². The Morgan fingerprint density at radius 1 is 1.24 bits per heavy atom. The number of β-lactam (4-membered cyclic amide) rings is 1. The highest BCUT2D eigenvalue weighted by Gasteiger charge is 2.56. The maximum Gasteiger partial charge on any atom is 0.534 e. The van der Waals surface area contributed by atoms with E-state index in [0.29, 0.717) is 16.1 Å². The van der Waals surface area contributed by atoms with Gasteiger partial charge in [-0.2, -0.15) is 21.6 Å².